The number of carbonyl (C=O) groups is 1. The minimum absolute atomic E-state index is 0.151. The summed E-state index contributed by atoms with van der Waals surface area (Å²) < 4.78 is 0. The van der Waals surface area contributed by atoms with Gasteiger partial charge in [0.1, 0.15) is 0 Å². The van der Waals surface area contributed by atoms with Gasteiger partial charge in [0.2, 0.25) is 5.91 Å². The molecule has 2 aromatic rings. The lowest BCUT2D eigenvalue weighted by Gasteiger charge is -2.22. The average Bonchev–Trinajstić information content (AvgIpc) is 2.72. The molecule has 0 bridgehead atoms. The van der Waals surface area contributed by atoms with Gasteiger partial charge in [0.15, 0.2) is 0 Å². The van der Waals surface area contributed by atoms with E-state index in [1.807, 2.05) is 53.1 Å². The zero-order valence-electron chi connectivity index (χ0n) is 12.4. The number of fused-ring (bicyclic) bond motifs is 1. The molecule has 0 saturated carbocycles. The molecule has 0 saturated heterocycles. The van der Waals surface area contributed by atoms with Crippen LogP contribution in [0.1, 0.15) is 13.3 Å². The Bertz CT molecular complexity index is 648. The third kappa shape index (κ3) is 3.65. The Labute approximate surface area is 139 Å². The number of carbonyl (C=O) groups excluding carboxylic acids is 1. The number of amides is 1. The molecule has 1 atom stereocenters. The molecule has 1 aromatic carbocycles. The van der Waals surface area contributed by atoms with Crippen molar-refractivity contribution in [3.63, 3.8) is 0 Å². The molecule has 0 spiro atoms. The average molecular weight is 330 g/mol. The van der Waals surface area contributed by atoms with Crippen LogP contribution in [-0.4, -0.2) is 28.4 Å². The largest absolute Gasteiger partial charge is 0.311 e. The second kappa shape index (κ2) is 7.20. The molecule has 0 N–H and O–H groups in total. The second-order valence-corrected chi connectivity index (χ2v) is 7.66. The first-order valence-corrected chi connectivity index (χ1v) is 9.20. The zero-order chi connectivity index (χ0) is 15.4. The molecule has 1 aliphatic rings. The summed E-state index contributed by atoms with van der Waals surface area (Å²) in [4.78, 5) is 20.1. The van der Waals surface area contributed by atoms with Crippen LogP contribution >= 0.6 is 23.5 Å². The van der Waals surface area contributed by atoms with Crippen LogP contribution in [0.4, 0.5) is 5.69 Å². The Balaban J connectivity index is 1.74. The number of pyridine rings is 1. The Morgan fingerprint density at radius 1 is 1.32 bits per heavy atom. The summed E-state index contributed by atoms with van der Waals surface area (Å²) >= 11 is 3.35. The number of aromatic nitrogens is 1. The van der Waals surface area contributed by atoms with E-state index in [9.17, 15) is 4.79 Å². The first-order chi connectivity index (χ1) is 10.7. The number of nitrogens with zero attached hydrogens (tertiary/aromatic N) is 2. The fourth-order valence-corrected chi connectivity index (χ4v) is 4.24. The lowest BCUT2D eigenvalue weighted by molar-refractivity contribution is -0.116. The summed E-state index contributed by atoms with van der Waals surface area (Å²) in [6.07, 6.45) is 2.77. The van der Waals surface area contributed by atoms with Gasteiger partial charge in [-0.25, -0.2) is 4.98 Å². The van der Waals surface area contributed by atoms with Crippen molar-refractivity contribution in [3.05, 3.63) is 48.7 Å². The maximum absolute atomic E-state index is 12.7. The normalized spacial score (nSPS) is 17.7. The summed E-state index contributed by atoms with van der Waals surface area (Å²) in [7, 11) is 0. The van der Waals surface area contributed by atoms with E-state index in [2.05, 4.69) is 18.0 Å². The standard InChI is InChI=1S/C17H18N2OS2/c1-13-9-11-19(14-6-2-3-7-15(14)22-13)17(20)12-21-16-8-4-5-10-18-16/h2-8,10,13H,9,11-12H2,1H3. The van der Waals surface area contributed by atoms with Crippen LogP contribution in [0.5, 0.6) is 0 Å². The number of anilines is 1. The topological polar surface area (TPSA) is 33.2 Å². The quantitative estimate of drug-likeness (QED) is 0.794. The highest BCUT2D eigenvalue weighted by Gasteiger charge is 2.23. The van der Waals surface area contributed by atoms with Crippen molar-refractivity contribution in [2.45, 2.75) is 28.5 Å². The number of rotatable bonds is 3. The third-order valence-corrected chi connectivity index (χ3v) is 5.69. The van der Waals surface area contributed by atoms with Crippen molar-refractivity contribution in [3.8, 4) is 0 Å². The van der Waals surface area contributed by atoms with Crippen molar-refractivity contribution >= 4 is 35.1 Å². The second-order valence-electron chi connectivity index (χ2n) is 5.19. The highest BCUT2D eigenvalue weighted by molar-refractivity contribution is 8.00. The van der Waals surface area contributed by atoms with E-state index in [1.54, 1.807) is 6.20 Å². The van der Waals surface area contributed by atoms with Gasteiger partial charge in [-0.3, -0.25) is 4.79 Å². The van der Waals surface area contributed by atoms with Crippen molar-refractivity contribution in [2.24, 2.45) is 0 Å². The van der Waals surface area contributed by atoms with E-state index in [1.165, 1.54) is 16.7 Å². The van der Waals surface area contributed by atoms with E-state index in [4.69, 9.17) is 0 Å². The van der Waals surface area contributed by atoms with Crippen LogP contribution in [0, 0.1) is 0 Å². The highest BCUT2D eigenvalue weighted by atomic mass is 32.2. The molecule has 3 rings (SSSR count). The van der Waals surface area contributed by atoms with Crippen molar-refractivity contribution in [1.29, 1.82) is 0 Å². The Morgan fingerprint density at radius 3 is 2.95 bits per heavy atom. The molecule has 0 fully saturated rings. The number of benzene rings is 1. The van der Waals surface area contributed by atoms with Gasteiger partial charge in [0, 0.05) is 22.9 Å². The SMILES string of the molecule is CC1CCN(C(=O)CSc2ccccn2)c2ccccc2S1. The number of para-hydroxylation sites is 1. The van der Waals surface area contributed by atoms with Crippen molar-refractivity contribution in [2.75, 3.05) is 17.2 Å². The first-order valence-electron chi connectivity index (χ1n) is 7.34. The molecule has 0 radical (unpaired) electrons. The van der Waals surface area contributed by atoms with Crippen LogP contribution in [0.2, 0.25) is 0 Å². The van der Waals surface area contributed by atoms with Crippen molar-refractivity contribution in [1.82, 2.24) is 4.98 Å². The fraction of sp³-hybridized carbons (Fsp3) is 0.294. The molecule has 1 aromatic heterocycles. The summed E-state index contributed by atoms with van der Waals surface area (Å²) in [6, 6.07) is 14.0. The molecule has 1 amide bonds. The molecule has 0 aliphatic carbocycles. The Hall–Kier alpha value is -1.46. The van der Waals surface area contributed by atoms with Crippen LogP contribution in [0.25, 0.3) is 0 Å². The van der Waals surface area contributed by atoms with E-state index in [-0.39, 0.29) is 5.91 Å². The van der Waals surface area contributed by atoms with Crippen LogP contribution in [0.15, 0.2) is 58.6 Å². The van der Waals surface area contributed by atoms with Crippen LogP contribution in [-0.2, 0) is 4.79 Å². The Morgan fingerprint density at radius 2 is 2.14 bits per heavy atom. The molecule has 114 valence electrons. The number of hydrogen-bond acceptors (Lipinski definition) is 4. The molecule has 5 heteroatoms. The van der Waals surface area contributed by atoms with Crippen molar-refractivity contribution < 1.29 is 4.79 Å². The smallest absolute Gasteiger partial charge is 0.237 e. The van der Waals surface area contributed by atoms with Gasteiger partial charge < -0.3 is 4.90 Å². The molecule has 22 heavy (non-hydrogen) atoms. The molecule has 3 nitrogen and oxygen atoms in total. The highest BCUT2D eigenvalue weighted by Crippen LogP contribution is 2.37. The van der Waals surface area contributed by atoms with Gasteiger partial charge >= 0.3 is 0 Å². The molecule has 1 aliphatic heterocycles. The van der Waals surface area contributed by atoms with Gasteiger partial charge in [-0.15, -0.1) is 11.8 Å². The van der Waals surface area contributed by atoms with E-state index >= 15 is 0 Å². The van der Waals surface area contributed by atoms with Crippen LogP contribution in [0.3, 0.4) is 0 Å². The fourth-order valence-electron chi connectivity index (χ4n) is 2.39. The van der Waals surface area contributed by atoms with Gasteiger partial charge in [-0.1, -0.05) is 36.9 Å². The van der Waals surface area contributed by atoms with E-state index < -0.39 is 0 Å². The Kier molecular flexibility index (Phi) is 5.05. The molecular weight excluding hydrogens is 312 g/mol. The predicted molar refractivity (Wildman–Crippen MR) is 93.7 cm³/mol. The first kappa shape index (κ1) is 15.4. The monoisotopic (exact) mass is 330 g/mol. The van der Waals surface area contributed by atoms with Gasteiger partial charge in [-0.2, -0.15) is 0 Å². The molecular formula is C17H18N2OS2. The van der Waals surface area contributed by atoms with E-state index in [0.29, 0.717) is 11.0 Å². The maximum Gasteiger partial charge on any atom is 0.237 e. The number of thioether (sulfide) groups is 2. The van der Waals surface area contributed by atoms with E-state index in [0.717, 1.165) is 23.7 Å². The van der Waals surface area contributed by atoms with Gasteiger partial charge in [-0.05, 0) is 30.7 Å². The molecule has 2 heterocycles. The lowest BCUT2D eigenvalue weighted by atomic mass is 10.2. The van der Waals surface area contributed by atoms with Gasteiger partial charge in [0.25, 0.3) is 0 Å². The zero-order valence-corrected chi connectivity index (χ0v) is 14.1. The van der Waals surface area contributed by atoms with Gasteiger partial charge in [0.05, 0.1) is 16.5 Å². The summed E-state index contributed by atoms with van der Waals surface area (Å²) in [5, 5.41) is 1.42. The maximum atomic E-state index is 12.7. The predicted octanol–water partition coefficient (Wildman–Crippen LogP) is 4.09. The number of hydrogen-bond donors (Lipinski definition) is 0. The summed E-state index contributed by atoms with van der Waals surface area (Å²) in [5.41, 5.74) is 1.04. The van der Waals surface area contributed by atoms with Crippen LogP contribution < -0.4 is 4.90 Å². The minimum Gasteiger partial charge on any atom is -0.311 e. The molecule has 1 unspecified atom stereocenters. The third-order valence-electron chi connectivity index (χ3n) is 3.53. The summed E-state index contributed by atoms with van der Waals surface area (Å²) in [6.45, 7) is 3.00. The minimum atomic E-state index is 0.151. The summed E-state index contributed by atoms with van der Waals surface area (Å²) in [5.74, 6) is 0.572. The lowest BCUT2D eigenvalue weighted by Crippen LogP contribution is -2.33.